The number of amides is 1. The Morgan fingerprint density at radius 3 is 2.80 bits per heavy atom. The van der Waals surface area contributed by atoms with Gasteiger partial charge >= 0.3 is 0 Å². The zero-order chi connectivity index (χ0) is 10.7. The summed E-state index contributed by atoms with van der Waals surface area (Å²) in [5, 5.41) is 3.19. The number of carbonyl (C=O) groups excluding carboxylic acids is 1. The molecule has 3 N–H and O–H groups in total. The third kappa shape index (κ3) is 2.31. The number of nitrogens with zero attached hydrogens (tertiary/aromatic N) is 2. The van der Waals surface area contributed by atoms with Gasteiger partial charge in [0.15, 0.2) is 0 Å². The van der Waals surface area contributed by atoms with E-state index in [1.807, 2.05) is 0 Å². The van der Waals surface area contributed by atoms with E-state index in [9.17, 15) is 4.79 Å². The fourth-order valence-corrected chi connectivity index (χ4v) is 1.50. The average molecular weight is 204 g/mol. The van der Waals surface area contributed by atoms with Gasteiger partial charge in [-0.15, -0.1) is 0 Å². The topological polar surface area (TPSA) is 80.9 Å². The van der Waals surface area contributed by atoms with E-state index in [0.29, 0.717) is 11.9 Å². The summed E-state index contributed by atoms with van der Waals surface area (Å²) < 4.78 is 0. The monoisotopic (exact) mass is 204 g/mol. The molecule has 0 aromatic carbocycles. The van der Waals surface area contributed by atoms with Gasteiger partial charge in [0, 0.05) is 6.04 Å². The van der Waals surface area contributed by atoms with E-state index < -0.39 is 5.91 Å². The van der Waals surface area contributed by atoms with Gasteiger partial charge in [0.2, 0.25) is 0 Å². The van der Waals surface area contributed by atoms with Crippen molar-refractivity contribution in [3.05, 3.63) is 30.2 Å². The SMILES string of the molecule is NC(=O)c1cncc(NC2CC=CC2)n1. The Hall–Kier alpha value is -1.91. The van der Waals surface area contributed by atoms with Gasteiger partial charge in [-0.1, -0.05) is 12.2 Å². The summed E-state index contributed by atoms with van der Waals surface area (Å²) in [6.07, 6.45) is 9.13. The summed E-state index contributed by atoms with van der Waals surface area (Å²) in [7, 11) is 0. The van der Waals surface area contributed by atoms with E-state index >= 15 is 0 Å². The molecule has 2 rings (SSSR count). The number of nitrogens with one attached hydrogen (secondary N) is 1. The molecular formula is C10H12N4O. The standard InChI is InChI=1S/C10H12N4O/c11-10(15)8-5-12-6-9(14-8)13-7-3-1-2-4-7/h1-2,5-7H,3-4H2,(H2,11,15)(H,13,14). The first-order valence-electron chi connectivity index (χ1n) is 4.79. The van der Waals surface area contributed by atoms with Crippen molar-refractivity contribution in [2.75, 3.05) is 5.32 Å². The van der Waals surface area contributed by atoms with Crippen LogP contribution in [-0.2, 0) is 0 Å². The van der Waals surface area contributed by atoms with Crippen LogP contribution in [0.15, 0.2) is 24.5 Å². The van der Waals surface area contributed by atoms with Crippen LogP contribution in [0.4, 0.5) is 5.82 Å². The number of anilines is 1. The zero-order valence-electron chi connectivity index (χ0n) is 8.18. The summed E-state index contributed by atoms with van der Waals surface area (Å²) in [6, 6.07) is 0.349. The second-order valence-corrected chi connectivity index (χ2v) is 3.44. The van der Waals surface area contributed by atoms with Crippen LogP contribution < -0.4 is 11.1 Å². The van der Waals surface area contributed by atoms with Crippen molar-refractivity contribution in [3.8, 4) is 0 Å². The van der Waals surface area contributed by atoms with Gasteiger partial charge in [0.25, 0.3) is 5.91 Å². The van der Waals surface area contributed by atoms with Crippen molar-refractivity contribution in [2.24, 2.45) is 5.73 Å². The van der Waals surface area contributed by atoms with Crippen LogP contribution in [0.2, 0.25) is 0 Å². The van der Waals surface area contributed by atoms with Gasteiger partial charge in [-0.05, 0) is 12.8 Å². The molecule has 0 unspecified atom stereocenters. The molecule has 0 atom stereocenters. The maximum atomic E-state index is 10.9. The number of primary amides is 1. The molecule has 0 radical (unpaired) electrons. The molecule has 78 valence electrons. The number of carbonyl (C=O) groups is 1. The molecule has 0 spiro atoms. The van der Waals surface area contributed by atoms with Crippen LogP contribution in [0.3, 0.4) is 0 Å². The second kappa shape index (κ2) is 4.08. The van der Waals surface area contributed by atoms with Crippen LogP contribution in [0.25, 0.3) is 0 Å². The van der Waals surface area contributed by atoms with Crippen molar-refractivity contribution >= 4 is 11.7 Å². The Morgan fingerprint density at radius 1 is 1.40 bits per heavy atom. The van der Waals surface area contributed by atoms with Crippen LogP contribution >= 0.6 is 0 Å². The number of hydrogen-bond donors (Lipinski definition) is 2. The molecule has 1 amide bonds. The Bertz CT molecular complexity index is 394. The number of nitrogens with two attached hydrogens (primary N) is 1. The van der Waals surface area contributed by atoms with E-state index in [4.69, 9.17) is 5.73 Å². The molecule has 1 aromatic rings. The molecule has 1 aliphatic rings. The smallest absolute Gasteiger partial charge is 0.268 e. The molecule has 15 heavy (non-hydrogen) atoms. The molecule has 0 fully saturated rings. The van der Waals surface area contributed by atoms with Crippen molar-refractivity contribution in [1.29, 1.82) is 0 Å². The lowest BCUT2D eigenvalue weighted by atomic mass is 10.2. The van der Waals surface area contributed by atoms with E-state index in [2.05, 4.69) is 27.4 Å². The summed E-state index contributed by atoms with van der Waals surface area (Å²) in [4.78, 5) is 18.8. The first-order valence-corrected chi connectivity index (χ1v) is 4.79. The number of rotatable bonds is 3. The predicted molar refractivity (Wildman–Crippen MR) is 56.3 cm³/mol. The molecular weight excluding hydrogens is 192 g/mol. The van der Waals surface area contributed by atoms with Gasteiger partial charge in [0.1, 0.15) is 11.5 Å². The van der Waals surface area contributed by atoms with Crippen molar-refractivity contribution in [1.82, 2.24) is 9.97 Å². The Balaban J connectivity index is 2.07. The van der Waals surface area contributed by atoms with Gasteiger partial charge in [0.05, 0.1) is 12.4 Å². The molecule has 5 nitrogen and oxygen atoms in total. The fraction of sp³-hybridized carbons (Fsp3) is 0.300. The largest absolute Gasteiger partial charge is 0.365 e. The predicted octanol–water partition coefficient (Wildman–Crippen LogP) is 0.706. The van der Waals surface area contributed by atoms with Crippen LogP contribution in [0, 0.1) is 0 Å². The van der Waals surface area contributed by atoms with Crippen molar-refractivity contribution < 1.29 is 4.79 Å². The molecule has 0 aliphatic heterocycles. The Labute approximate surface area is 87.4 Å². The van der Waals surface area contributed by atoms with E-state index in [-0.39, 0.29) is 5.69 Å². The maximum absolute atomic E-state index is 10.9. The summed E-state index contributed by atoms with van der Waals surface area (Å²) in [5.41, 5.74) is 5.30. The van der Waals surface area contributed by atoms with Crippen LogP contribution in [-0.4, -0.2) is 21.9 Å². The fourth-order valence-electron chi connectivity index (χ4n) is 1.50. The van der Waals surface area contributed by atoms with Gasteiger partial charge in [-0.3, -0.25) is 9.78 Å². The van der Waals surface area contributed by atoms with E-state index in [1.54, 1.807) is 6.20 Å². The number of aromatic nitrogens is 2. The highest BCUT2D eigenvalue weighted by Gasteiger charge is 2.11. The lowest BCUT2D eigenvalue weighted by Gasteiger charge is -2.12. The highest BCUT2D eigenvalue weighted by atomic mass is 16.1. The van der Waals surface area contributed by atoms with Gasteiger partial charge < -0.3 is 11.1 Å². The lowest BCUT2D eigenvalue weighted by molar-refractivity contribution is 0.0995. The summed E-state index contributed by atoms with van der Waals surface area (Å²) in [5.74, 6) is 0.0377. The Kier molecular flexibility index (Phi) is 2.62. The normalized spacial score (nSPS) is 15.5. The molecule has 1 aliphatic carbocycles. The zero-order valence-corrected chi connectivity index (χ0v) is 8.18. The minimum Gasteiger partial charge on any atom is -0.365 e. The average Bonchev–Trinajstić information content (AvgIpc) is 2.71. The van der Waals surface area contributed by atoms with Crippen molar-refractivity contribution in [3.63, 3.8) is 0 Å². The minimum absolute atomic E-state index is 0.186. The Morgan fingerprint density at radius 2 is 2.13 bits per heavy atom. The highest BCUT2D eigenvalue weighted by molar-refractivity contribution is 5.90. The maximum Gasteiger partial charge on any atom is 0.268 e. The quantitative estimate of drug-likeness (QED) is 0.710. The van der Waals surface area contributed by atoms with Gasteiger partial charge in [-0.2, -0.15) is 0 Å². The molecule has 1 heterocycles. The molecule has 0 saturated carbocycles. The minimum atomic E-state index is -0.560. The summed E-state index contributed by atoms with van der Waals surface area (Å²) in [6.45, 7) is 0. The second-order valence-electron chi connectivity index (χ2n) is 3.44. The van der Waals surface area contributed by atoms with E-state index in [1.165, 1.54) is 6.20 Å². The van der Waals surface area contributed by atoms with Crippen LogP contribution in [0.5, 0.6) is 0 Å². The van der Waals surface area contributed by atoms with Crippen molar-refractivity contribution in [2.45, 2.75) is 18.9 Å². The first kappa shape index (κ1) is 9.64. The molecule has 0 bridgehead atoms. The van der Waals surface area contributed by atoms with Gasteiger partial charge in [-0.25, -0.2) is 4.98 Å². The molecule has 0 saturated heterocycles. The highest BCUT2D eigenvalue weighted by Crippen LogP contribution is 2.14. The summed E-state index contributed by atoms with van der Waals surface area (Å²) >= 11 is 0. The molecule has 5 heteroatoms. The third-order valence-corrected chi connectivity index (χ3v) is 2.25. The van der Waals surface area contributed by atoms with Crippen LogP contribution in [0.1, 0.15) is 23.3 Å². The number of hydrogen-bond acceptors (Lipinski definition) is 4. The molecule has 1 aromatic heterocycles. The third-order valence-electron chi connectivity index (χ3n) is 2.25. The lowest BCUT2D eigenvalue weighted by Crippen LogP contribution is -2.19. The first-order chi connectivity index (χ1) is 7.25. The van der Waals surface area contributed by atoms with E-state index in [0.717, 1.165) is 12.8 Å².